The van der Waals surface area contributed by atoms with E-state index >= 15 is 0 Å². The first-order chi connectivity index (χ1) is 26.1. The van der Waals surface area contributed by atoms with Gasteiger partial charge in [-0.25, -0.2) is 0 Å². The van der Waals surface area contributed by atoms with Crippen LogP contribution >= 0.6 is 0 Å². The Bertz CT molecular complexity index is 1800. The van der Waals surface area contributed by atoms with Gasteiger partial charge in [-0.1, -0.05) is 68.2 Å². The molecule has 3 aromatic carbocycles. The van der Waals surface area contributed by atoms with Gasteiger partial charge in [-0.05, 0) is 80.2 Å². The first kappa shape index (κ1) is 40.4. The normalized spacial score (nSPS) is 19.0. The van der Waals surface area contributed by atoms with Crippen molar-refractivity contribution in [3.8, 4) is 34.8 Å². The molecule has 290 valence electrons. The Morgan fingerprint density at radius 1 is 1.04 bits per heavy atom. The average molecular weight is 741 g/mol. The highest BCUT2D eigenvalue weighted by molar-refractivity contribution is 5.79. The monoisotopic (exact) mass is 740 g/mol. The van der Waals surface area contributed by atoms with E-state index in [1.165, 1.54) is 12.7 Å². The number of nitrogens with zero attached hydrogens (tertiary/aromatic N) is 1. The molecule has 2 bridgehead atoms. The number of nitrogens with one attached hydrogen (secondary N) is 2. The summed E-state index contributed by atoms with van der Waals surface area (Å²) in [5.74, 6) is 8.12. The highest BCUT2D eigenvalue weighted by Crippen LogP contribution is 2.44. The van der Waals surface area contributed by atoms with Crippen molar-refractivity contribution < 1.29 is 34.3 Å². The van der Waals surface area contributed by atoms with E-state index in [0.29, 0.717) is 74.1 Å². The van der Waals surface area contributed by atoms with Crippen molar-refractivity contribution >= 4 is 11.7 Å². The Morgan fingerprint density at radius 2 is 1.85 bits per heavy atom. The van der Waals surface area contributed by atoms with Gasteiger partial charge in [0.25, 0.3) is 0 Å². The maximum Gasteiger partial charge on any atom is 0.200 e. The third-order valence-electron chi connectivity index (χ3n) is 9.85. The second kappa shape index (κ2) is 20.1. The van der Waals surface area contributed by atoms with Crippen LogP contribution in [0.2, 0.25) is 0 Å². The number of Topliss-reactive ketones (excluding diaryl/α,β-unsaturated/α-hetero) is 1. The number of benzene rings is 3. The van der Waals surface area contributed by atoms with E-state index < -0.39 is 12.4 Å². The van der Waals surface area contributed by atoms with E-state index in [-0.39, 0.29) is 49.2 Å². The number of fused-ring (bicyclic) bond motifs is 5. The topological polar surface area (TPSA) is 168 Å². The molecule has 3 atom stereocenters. The van der Waals surface area contributed by atoms with Crippen molar-refractivity contribution in [2.24, 2.45) is 22.6 Å². The second-order valence-corrected chi connectivity index (χ2v) is 14.6. The first-order valence-electron chi connectivity index (χ1n) is 19.1. The van der Waals surface area contributed by atoms with Gasteiger partial charge in [0.1, 0.15) is 12.5 Å². The Balaban J connectivity index is 1.45. The number of phenols is 1. The van der Waals surface area contributed by atoms with Crippen LogP contribution in [0.25, 0.3) is 0 Å². The van der Waals surface area contributed by atoms with Crippen molar-refractivity contribution in [3.63, 3.8) is 0 Å². The molecule has 1 aliphatic carbocycles. The molecule has 0 amide bonds. The predicted octanol–water partition coefficient (Wildman–Crippen LogP) is 4.57. The minimum Gasteiger partial charge on any atom is -0.504 e. The number of ketones is 1. The van der Waals surface area contributed by atoms with E-state index in [4.69, 9.17) is 19.9 Å². The Kier molecular flexibility index (Phi) is 15.0. The number of aliphatic hydroxyl groups is 2. The van der Waals surface area contributed by atoms with E-state index in [2.05, 4.69) is 59.5 Å². The fraction of sp³-hybridized carbons (Fsp3) is 0.488. The molecule has 0 radical (unpaired) electrons. The van der Waals surface area contributed by atoms with E-state index in [9.17, 15) is 20.1 Å². The van der Waals surface area contributed by atoms with Gasteiger partial charge >= 0.3 is 0 Å². The number of hydrogen-bond acceptors (Lipinski definition) is 9. The molecule has 54 heavy (non-hydrogen) atoms. The largest absolute Gasteiger partial charge is 0.504 e. The second-order valence-electron chi connectivity index (χ2n) is 14.6. The molecule has 0 fully saturated rings. The fourth-order valence-corrected chi connectivity index (χ4v) is 6.91. The highest BCUT2D eigenvalue weighted by atomic mass is 16.6. The lowest BCUT2D eigenvalue weighted by molar-refractivity contribution is -0.121. The molecule has 0 saturated heterocycles. The molecule has 0 spiro atoms. The van der Waals surface area contributed by atoms with Crippen LogP contribution in [0.3, 0.4) is 0 Å². The van der Waals surface area contributed by atoms with Crippen molar-refractivity contribution in [2.45, 2.75) is 90.4 Å². The lowest BCUT2D eigenvalue weighted by Crippen LogP contribution is -2.38. The predicted molar refractivity (Wildman–Crippen MR) is 210 cm³/mol. The van der Waals surface area contributed by atoms with Crippen LogP contribution in [0.15, 0.2) is 53.5 Å². The van der Waals surface area contributed by atoms with Gasteiger partial charge < -0.3 is 40.6 Å². The number of rotatable bonds is 13. The number of nitrogens with two attached hydrogens (primary N) is 1. The molecule has 5 rings (SSSR count). The number of aromatic hydroxyl groups is 1. The average Bonchev–Trinajstić information content (AvgIpc) is 3.15. The summed E-state index contributed by atoms with van der Waals surface area (Å²) in [5, 5.41) is 39.5. The van der Waals surface area contributed by atoms with Gasteiger partial charge in [-0.3, -0.25) is 15.1 Å². The number of hydrogen-bond donors (Lipinski definition) is 6. The minimum absolute atomic E-state index is 0.0334. The molecule has 0 saturated carbocycles. The van der Waals surface area contributed by atoms with Crippen LogP contribution in [0.4, 0.5) is 0 Å². The lowest BCUT2D eigenvalue weighted by atomic mass is 9.86. The van der Waals surface area contributed by atoms with Gasteiger partial charge in [-0.15, -0.1) is 0 Å². The van der Waals surface area contributed by atoms with Crippen LogP contribution in [-0.2, 0) is 36.9 Å². The molecular weight excluding hydrogens is 684 g/mol. The number of aryl methyl sites for hydroxylation is 3. The standard InChI is InChI=1S/C43H56N4O7/c1-28(2)26-47-43(44)46-22-20-33-24-37-31-15-18-35(49)25-34(48)17-14-30-16-19-38(50)40(52-3)36(30)13-7-12-32(23-31)39(41(37)54-42(33)51)53-27-45-21-8-11-29-9-5-4-6-10-29/h4-6,9-10,16,19,23,28,33,35,42,45,49-51H,8,11-12,14-15,17-18,20-22,24-27H2,1-3H3,(H3,44,46,47). The zero-order valence-corrected chi connectivity index (χ0v) is 31.8. The molecular formula is C43H56N4O7. The number of aliphatic imine (C=N–C) groups is 1. The van der Waals surface area contributed by atoms with Crippen LogP contribution in [0.1, 0.15) is 79.3 Å². The first-order valence-corrected chi connectivity index (χ1v) is 19.1. The summed E-state index contributed by atoms with van der Waals surface area (Å²) in [6, 6.07) is 15.7. The van der Waals surface area contributed by atoms with Crippen molar-refractivity contribution in [2.75, 3.05) is 33.5 Å². The summed E-state index contributed by atoms with van der Waals surface area (Å²) in [6.45, 7) is 6.25. The third-order valence-corrected chi connectivity index (χ3v) is 9.85. The maximum atomic E-state index is 13.0. The number of phenolic OH excluding ortho intramolecular Hbond substituents is 1. The fourth-order valence-electron chi connectivity index (χ4n) is 6.91. The van der Waals surface area contributed by atoms with Gasteiger partial charge in [-0.2, -0.15) is 0 Å². The number of aliphatic hydroxyl groups excluding tert-OH is 2. The maximum absolute atomic E-state index is 13.0. The van der Waals surface area contributed by atoms with Gasteiger partial charge in [0.2, 0.25) is 6.29 Å². The van der Waals surface area contributed by atoms with Gasteiger partial charge in [0.05, 0.1) is 18.8 Å². The summed E-state index contributed by atoms with van der Waals surface area (Å²) in [4.78, 5) is 17.4. The summed E-state index contributed by atoms with van der Waals surface area (Å²) < 4.78 is 18.3. The minimum atomic E-state index is -1.10. The van der Waals surface area contributed by atoms with Crippen molar-refractivity contribution in [3.05, 3.63) is 81.9 Å². The summed E-state index contributed by atoms with van der Waals surface area (Å²) in [7, 11) is 1.48. The lowest BCUT2D eigenvalue weighted by Gasteiger charge is -2.34. The van der Waals surface area contributed by atoms with E-state index in [0.717, 1.165) is 41.6 Å². The molecule has 3 unspecified atom stereocenters. The molecule has 7 N–H and O–H groups in total. The van der Waals surface area contributed by atoms with Crippen molar-refractivity contribution in [1.29, 1.82) is 0 Å². The molecule has 2 aliphatic rings. The number of methoxy groups -OCH3 is 1. The van der Waals surface area contributed by atoms with Crippen LogP contribution in [0, 0.1) is 23.7 Å². The summed E-state index contributed by atoms with van der Waals surface area (Å²) >= 11 is 0. The Morgan fingerprint density at radius 3 is 2.63 bits per heavy atom. The summed E-state index contributed by atoms with van der Waals surface area (Å²) in [5.41, 5.74) is 11.3. The molecule has 11 nitrogen and oxygen atoms in total. The molecule has 11 heteroatoms. The number of carbonyl (C=O) groups excluding carboxylic acids is 1. The SMILES string of the molecule is COc1c(O)ccc2c1C#CCc1cc(c3c(c1OCNCCCc1ccccc1)OC(O)C(CCNC(N)=NCC(C)C)C3)CCC(O)CC(=O)CC2. The van der Waals surface area contributed by atoms with Crippen molar-refractivity contribution in [1.82, 2.24) is 10.6 Å². The number of guanidine groups is 1. The zero-order chi connectivity index (χ0) is 38.5. The van der Waals surface area contributed by atoms with Gasteiger partial charge in [0, 0.05) is 49.4 Å². The van der Waals surface area contributed by atoms with Crippen LogP contribution in [0.5, 0.6) is 23.0 Å². The van der Waals surface area contributed by atoms with Crippen LogP contribution < -0.4 is 30.6 Å². The smallest absolute Gasteiger partial charge is 0.200 e. The Hall–Kier alpha value is -4.76. The Labute approximate surface area is 319 Å². The molecule has 1 aliphatic heterocycles. The summed E-state index contributed by atoms with van der Waals surface area (Å²) in [6.07, 6.45) is 2.85. The zero-order valence-electron chi connectivity index (χ0n) is 31.8. The van der Waals surface area contributed by atoms with E-state index in [1.54, 1.807) is 12.1 Å². The number of ether oxygens (including phenoxy) is 3. The van der Waals surface area contributed by atoms with Crippen LogP contribution in [-0.4, -0.2) is 72.9 Å². The van der Waals surface area contributed by atoms with Gasteiger partial charge in [0.15, 0.2) is 29.0 Å². The quantitative estimate of drug-likeness (QED) is 0.0481. The molecule has 3 aromatic rings. The third kappa shape index (κ3) is 11.4. The molecule has 1 heterocycles. The van der Waals surface area contributed by atoms with E-state index in [1.807, 2.05) is 18.2 Å². The molecule has 0 aromatic heterocycles. The number of carbonyl (C=O) groups is 1. The highest BCUT2D eigenvalue weighted by Gasteiger charge is 2.34.